The lowest BCUT2D eigenvalue weighted by atomic mass is 10.2. The Hall–Kier alpha value is -2.80. The number of nitrogens with zero attached hydrogens (tertiary/aromatic N) is 3. The minimum Gasteiger partial charge on any atom is -0.345 e. The zero-order chi connectivity index (χ0) is 17.6. The number of carbonyl (C=O) groups is 1. The molecule has 0 saturated heterocycles. The van der Waals surface area contributed by atoms with Crippen LogP contribution in [0.4, 0.5) is 11.5 Å². The van der Waals surface area contributed by atoms with Crippen molar-refractivity contribution in [2.24, 2.45) is 0 Å². The number of nitrogens with one attached hydrogen (secondary N) is 2. The number of aryl methyl sites for hydroxylation is 1. The van der Waals surface area contributed by atoms with Crippen LogP contribution >= 0.6 is 15.9 Å². The van der Waals surface area contributed by atoms with Gasteiger partial charge >= 0.3 is 0 Å². The van der Waals surface area contributed by atoms with Gasteiger partial charge in [0.05, 0.1) is 12.2 Å². The van der Waals surface area contributed by atoms with Crippen molar-refractivity contribution in [3.05, 3.63) is 76.4 Å². The molecule has 0 saturated carbocycles. The first-order valence-corrected chi connectivity index (χ1v) is 8.44. The highest BCUT2D eigenvalue weighted by molar-refractivity contribution is 9.10. The van der Waals surface area contributed by atoms with Crippen molar-refractivity contribution in [1.82, 2.24) is 20.3 Å². The summed E-state index contributed by atoms with van der Waals surface area (Å²) in [5.41, 5.74) is 3.06. The van der Waals surface area contributed by atoms with Crippen LogP contribution in [0.2, 0.25) is 0 Å². The monoisotopic (exact) mass is 397 g/mol. The first kappa shape index (κ1) is 17.0. The molecule has 0 spiro atoms. The van der Waals surface area contributed by atoms with Crippen LogP contribution < -0.4 is 10.6 Å². The normalized spacial score (nSPS) is 10.3. The minimum atomic E-state index is -0.274. The molecule has 0 radical (unpaired) electrons. The number of benzene rings is 1. The van der Waals surface area contributed by atoms with Gasteiger partial charge in [0.15, 0.2) is 0 Å². The summed E-state index contributed by atoms with van der Waals surface area (Å²) in [5, 5.41) is 6.00. The quantitative estimate of drug-likeness (QED) is 0.687. The van der Waals surface area contributed by atoms with Crippen molar-refractivity contribution < 1.29 is 4.79 Å². The highest BCUT2D eigenvalue weighted by atomic mass is 79.9. The number of halogens is 1. The molecule has 1 aromatic carbocycles. The summed E-state index contributed by atoms with van der Waals surface area (Å²) in [5.74, 6) is 0.284. The molecule has 0 unspecified atom stereocenters. The summed E-state index contributed by atoms with van der Waals surface area (Å²) in [4.78, 5) is 24.7. The lowest BCUT2D eigenvalue weighted by molar-refractivity contribution is 0.0945. The fraction of sp³-hybridized carbons (Fsp3) is 0.111. The molecule has 2 heterocycles. The van der Waals surface area contributed by atoms with E-state index in [1.807, 2.05) is 43.3 Å². The number of pyridine rings is 1. The van der Waals surface area contributed by atoms with Crippen molar-refractivity contribution in [2.75, 3.05) is 5.32 Å². The van der Waals surface area contributed by atoms with E-state index in [-0.39, 0.29) is 5.91 Å². The number of carbonyl (C=O) groups excluding carboxylic acids is 1. The molecule has 7 heteroatoms. The van der Waals surface area contributed by atoms with E-state index in [1.54, 1.807) is 12.3 Å². The number of amides is 1. The average Bonchev–Trinajstić information content (AvgIpc) is 2.63. The molecule has 1 amide bonds. The van der Waals surface area contributed by atoms with E-state index in [2.05, 4.69) is 41.5 Å². The van der Waals surface area contributed by atoms with Gasteiger partial charge < -0.3 is 10.6 Å². The summed E-state index contributed by atoms with van der Waals surface area (Å²) in [6.07, 6.45) is 3.06. The minimum absolute atomic E-state index is 0.274. The summed E-state index contributed by atoms with van der Waals surface area (Å²) < 4.78 is 1.01. The summed E-state index contributed by atoms with van der Waals surface area (Å²) in [6, 6.07) is 13.1. The molecular weight excluding hydrogens is 382 g/mol. The van der Waals surface area contributed by atoms with Gasteiger partial charge in [-0.05, 0) is 42.8 Å². The maximum atomic E-state index is 12.3. The van der Waals surface area contributed by atoms with Crippen LogP contribution in [0, 0.1) is 6.92 Å². The fourth-order valence-corrected chi connectivity index (χ4v) is 2.69. The maximum absolute atomic E-state index is 12.3. The van der Waals surface area contributed by atoms with Crippen LogP contribution in [0.1, 0.15) is 21.7 Å². The Labute approximate surface area is 153 Å². The average molecular weight is 398 g/mol. The molecule has 0 fully saturated rings. The number of hydrogen-bond donors (Lipinski definition) is 2. The van der Waals surface area contributed by atoms with Gasteiger partial charge in [-0.15, -0.1) is 0 Å². The van der Waals surface area contributed by atoms with Crippen molar-refractivity contribution in [3.8, 4) is 0 Å². The smallest absolute Gasteiger partial charge is 0.270 e. The fourth-order valence-electron chi connectivity index (χ4n) is 2.22. The molecule has 0 atom stereocenters. The van der Waals surface area contributed by atoms with Gasteiger partial charge in [0.25, 0.3) is 5.91 Å². The highest BCUT2D eigenvalue weighted by Crippen LogP contribution is 2.22. The number of rotatable bonds is 5. The second-order valence-electron chi connectivity index (χ2n) is 5.38. The van der Waals surface area contributed by atoms with Crippen LogP contribution in [0.25, 0.3) is 0 Å². The van der Waals surface area contributed by atoms with Gasteiger partial charge in [-0.1, -0.05) is 22.0 Å². The molecule has 0 aliphatic rings. The lowest BCUT2D eigenvalue weighted by Crippen LogP contribution is -2.24. The first-order chi connectivity index (χ1) is 12.1. The molecule has 3 aromatic rings. The third kappa shape index (κ3) is 4.60. The predicted molar refractivity (Wildman–Crippen MR) is 99.6 cm³/mol. The Morgan fingerprint density at radius 2 is 2.00 bits per heavy atom. The molecule has 2 N–H and O–H groups in total. The van der Waals surface area contributed by atoms with Gasteiger partial charge in [-0.2, -0.15) is 0 Å². The predicted octanol–water partition coefficient (Wildman–Crippen LogP) is 3.62. The molecule has 6 nitrogen and oxygen atoms in total. The van der Waals surface area contributed by atoms with Gasteiger partial charge in [0, 0.05) is 22.4 Å². The Morgan fingerprint density at radius 1 is 1.12 bits per heavy atom. The van der Waals surface area contributed by atoms with E-state index in [1.165, 1.54) is 6.33 Å². The second-order valence-corrected chi connectivity index (χ2v) is 6.29. The molecule has 25 heavy (non-hydrogen) atoms. The lowest BCUT2D eigenvalue weighted by Gasteiger charge is -2.10. The molecule has 0 bridgehead atoms. The van der Waals surface area contributed by atoms with E-state index >= 15 is 0 Å². The van der Waals surface area contributed by atoms with Crippen molar-refractivity contribution in [1.29, 1.82) is 0 Å². The topological polar surface area (TPSA) is 79.8 Å². The van der Waals surface area contributed by atoms with Gasteiger partial charge in [0.2, 0.25) is 0 Å². The maximum Gasteiger partial charge on any atom is 0.270 e. The van der Waals surface area contributed by atoms with Crippen molar-refractivity contribution >= 4 is 33.3 Å². The second kappa shape index (κ2) is 7.85. The number of anilines is 2. The summed E-state index contributed by atoms with van der Waals surface area (Å²) in [6.45, 7) is 2.34. The van der Waals surface area contributed by atoms with Gasteiger partial charge in [-0.25, -0.2) is 9.97 Å². The third-order valence-electron chi connectivity index (χ3n) is 3.51. The van der Waals surface area contributed by atoms with E-state index < -0.39 is 0 Å². The third-order valence-corrected chi connectivity index (χ3v) is 4.00. The van der Waals surface area contributed by atoms with Crippen LogP contribution in [-0.4, -0.2) is 20.9 Å². The van der Waals surface area contributed by atoms with Gasteiger partial charge in [0.1, 0.15) is 17.8 Å². The van der Waals surface area contributed by atoms with E-state index in [9.17, 15) is 4.79 Å². The standard InChI is InChI=1S/C18H16BrN5O/c1-12-8-13(19)5-6-15(12)24-17-9-16(22-11-23-17)18(25)21-10-14-4-2-3-7-20-14/h2-9,11H,10H2,1H3,(H,21,25)(H,22,23,24). The van der Waals surface area contributed by atoms with Crippen molar-refractivity contribution in [2.45, 2.75) is 13.5 Å². The Balaban J connectivity index is 1.69. The molecular formula is C18H16BrN5O. The van der Waals surface area contributed by atoms with Crippen molar-refractivity contribution in [3.63, 3.8) is 0 Å². The molecule has 2 aromatic heterocycles. The number of hydrogen-bond acceptors (Lipinski definition) is 5. The van der Waals surface area contributed by atoms with Crippen LogP contribution in [-0.2, 0) is 6.54 Å². The highest BCUT2D eigenvalue weighted by Gasteiger charge is 2.09. The SMILES string of the molecule is Cc1cc(Br)ccc1Nc1cc(C(=O)NCc2ccccn2)ncn1. The number of aromatic nitrogens is 3. The Kier molecular flexibility index (Phi) is 5.35. The van der Waals surface area contributed by atoms with E-state index in [4.69, 9.17) is 0 Å². The van der Waals surface area contributed by atoms with Gasteiger partial charge in [-0.3, -0.25) is 9.78 Å². The molecule has 0 aliphatic heterocycles. The van der Waals surface area contributed by atoms with Crippen LogP contribution in [0.3, 0.4) is 0 Å². The largest absolute Gasteiger partial charge is 0.345 e. The Bertz CT molecular complexity index is 886. The summed E-state index contributed by atoms with van der Waals surface area (Å²) >= 11 is 3.44. The first-order valence-electron chi connectivity index (χ1n) is 7.65. The zero-order valence-electron chi connectivity index (χ0n) is 13.5. The summed E-state index contributed by atoms with van der Waals surface area (Å²) in [7, 11) is 0. The molecule has 0 aliphatic carbocycles. The molecule has 126 valence electrons. The van der Waals surface area contributed by atoms with E-state index in [0.717, 1.165) is 21.4 Å². The zero-order valence-corrected chi connectivity index (χ0v) is 15.1. The Morgan fingerprint density at radius 3 is 2.76 bits per heavy atom. The van der Waals surface area contributed by atoms with E-state index in [0.29, 0.717) is 18.1 Å². The van der Waals surface area contributed by atoms with Crippen LogP contribution in [0.5, 0.6) is 0 Å². The van der Waals surface area contributed by atoms with Crippen LogP contribution in [0.15, 0.2) is 59.5 Å². The molecule has 3 rings (SSSR count).